The lowest BCUT2D eigenvalue weighted by atomic mass is 10.0. The van der Waals surface area contributed by atoms with E-state index in [-0.39, 0.29) is 18.6 Å². The molecule has 1 fully saturated rings. The van der Waals surface area contributed by atoms with Crippen molar-refractivity contribution in [3.05, 3.63) is 48.2 Å². The highest BCUT2D eigenvalue weighted by Crippen LogP contribution is 2.34. The molecule has 1 N–H and O–H groups in total. The third-order valence-corrected chi connectivity index (χ3v) is 5.69. The average molecular weight is 448 g/mol. The number of hydrogen-bond donors (Lipinski definition) is 1. The molecule has 4 heterocycles. The van der Waals surface area contributed by atoms with Gasteiger partial charge in [0.2, 0.25) is 0 Å². The molecule has 1 aliphatic heterocycles. The molecule has 4 aromatic rings. The van der Waals surface area contributed by atoms with Crippen molar-refractivity contribution in [2.24, 2.45) is 0 Å². The Morgan fingerprint density at radius 1 is 1.36 bits per heavy atom. The highest BCUT2D eigenvalue weighted by Gasteiger charge is 2.26. The Morgan fingerprint density at radius 3 is 2.88 bits per heavy atom. The number of methoxy groups -OCH3 is 1. The van der Waals surface area contributed by atoms with Crippen molar-refractivity contribution in [2.45, 2.75) is 38.5 Å². The lowest BCUT2D eigenvalue weighted by Crippen LogP contribution is -2.27. The van der Waals surface area contributed by atoms with E-state index in [1.807, 2.05) is 29.2 Å². The highest BCUT2D eigenvalue weighted by molar-refractivity contribution is 6.02. The van der Waals surface area contributed by atoms with Crippen molar-refractivity contribution in [3.63, 3.8) is 0 Å². The lowest BCUT2D eigenvalue weighted by Gasteiger charge is -2.30. The molecule has 1 aromatic carbocycles. The lowest BCUT2D eigenvalue weighted by molar-refractivity contribution is -0.122. The molecule has 0 saturated carbocycles. The minimum Gasteiger partial charge on any atom is -0.493 e. The summed E-state index contributed by atoms with van der Waals surface area (Å²) in [5.74, 6) is 1.62. The molecule has 5 rings (SSSR count). The number of pyridine rings is 1. The number of ether oxygens (including phenoxy) is 2. The predicted molar refractivity (Wildman–Crippen MR) is 120 cm³/mol. The topological polar surface area (TPSA) is 128 Å². The maximum Gasteiger partial charge on any atom is 0.290 e. The van der Waals surface area contributed by atoms with Gasteiger partial charge in [-0.25, -0.2) is 4.98 Å². The molecule has 1 saturated heterocycles. The van der Waals surface area contributed by atoms with Crippen molar-refractivity contribution in [3.8, 4) is 11.8 Å². The van der Waals surface area contributed by atoms with Crippen molar-refractivity contribution in [1.29, 1.82) is 5.26 Å². The molecule has 0 amide bonds. The summed E-state index contributed by atoms with van der Waals surface area (Å²) >= 11 is 0. The Bertz CT molecular complexity index is 1320. The molecule has 0 bridgehead atoms. The first kappa shape index (κ1) is 22.2. The van der Waals surface area contributed by atoms with Gasteiger partial charge in [0.1, 0.15) is 11.3 Å². The molecule has 2 atom stereocenters. The minimum atomic E-state index is -0.250. The maximum absolute atomic E-state index is 9.41. The van der Waals surface area contributed by atoms with Gasteiger partial charge in [-0.3, -0.25) is 14.5 Å². The molecule has 3 aromatic heterocycles. The normalized spacial score (nSPS) is 17.8. The zero-order chi connectivity index (χ0) is 23.4. The summed E-state index contributed by atoms with van der Waals surface area (Å²) in [7, 11) is 1.63. The van der Waals surface area contributed by atoms with Crippen LogP contribution in [0.2, 0.25) is 0 Å². The van der Waals surface area contributed by atoms with Crippen LogP contribution >= 0.6 is 0 Å². The van der Waals surface area contributed by atoms with E-state index in [1.165, 1.54) is 0 Å². The molecule has 170 valence electrons. The summed E-state index contributed by atoms with van der Waals surface area (Å²) in [5, 5.41) is 21.6. The zero-order valence-electron chi connectivity index (χ0n) is 18.4. The number of benzene rings is 1. The van der Waals surface area contributed by atoms with Crippen molar-refractivity contribution < 1.29 is 19.4 Å². The summed E-state index contributed by atoms with van der Waals surface area (Å²) in [4.78, 5) is 17.9. The molecule has 10 nitrogen and oxygen atoms in total. The molecule has 0 spiro atoms. The number of carboxylic acid groups (broad SMARTS) is 1. The summed E-state index contributed by atoms with van der Waals surface area (Å²) in [6.45, 7) is 3.09. The van der Waals surface area contributed by atoms with Gasteiger partial charge in [0, 0.05) is 18.0 Å². The second-order valence-electron chi connectivity index (χ2n) is 7.78. The SMILES string of the molecule is COc1cnn(Cc2nc3cnc4ccc(C#N)cc4c3n2[C@@H]2CCO[C@H](C)C2)c1.O=CO. The standard InChI is InChI=1S/C22H22N6O2.CH2O2/c1-14-7-16(5-6-30-14)28-21(13-27-12-17(29-2)10-25-27)26-20-11-24-19-4-3-15(9-23)8-18(19)22(20)28;2-1-3/h3-4,8,10-12,14,16H,5-7,13H2,1-2H3;1H,(H,2,3)/t14-,16-;/m1./s1. The number of rotatable bonds is 4. The second-order valence-corrected chi connectivity index (χ2v) is 7.78. The van der Waals surface area contributed by atoms with E-state index in [0.717, 1.165) is 40.6 Å². The highest BCUT2D eigenvalue weighted by atomic mass is 16.5. The van der Waals surface area contributed by atoms with Gasteiger partial charge in [-0.15, -0.1) is 0 Å². The predicted octanol–water partition coefficient (Wildman–Crippen LogP) is 3.15. The van der Waals surface area contributed by atoms with E-state index in [9.17, 15) is 5.26 Å². The molecular formula is C23H24N6O4. The number of nitrogens with zero attached hydrogens (tertiary/aromatic N) is 6. The number of carbonyl (C=O) groups is 1. The van der Waals surface area contributed by atoms with Crippen LogP contribution in [0.5, 0.6) is 5.75 Å². The van der Waals surface area contributed by atoms with Gasteiger partial charge in [-0.2, -0.15) is 10.4 Å². The smallest absolute Gasteiger partial charge is 0.290 e. The number of fused-ring (bicyclic) bond motifs is 3. The van der Waals surface area contributed by atoms with Crippen LogP contribution in [0.15, 0.2) is 36.8 Å². The van der Waals surface area contributed by atoms with E-state index in [1.54, 1.807) is 19.4 Å². The van der Waals surface area contributed by atoms with Gasteiger partial charge in [-0.1, -0.05) is 0 Å². The fourth-order valence-corrected chi connectivity index (χ4v) is 4.29. The molecule has 0 radical (unpaired) electrons. The zero-order valence-corrected chi connectivity index (χ0v) is 18.4. The van der Waals surface area contributed by atoms with Crippen LogP contribution in [0.4, 0.5) is 0 Å². The number of hydrogen-bond acceptors (Lipinski definition) is 7. The minimum absolute atomic E-state index is 0.182. The largest absolute Gasteiger partial charge is 0.493 e. The molecule has 10 heteroatoms. The summed E-state index contributed by atoms with van der Waals surface area (Å²) in [6, 6.07) is 8.10. The third-order valence-electron chi connectivity index (χ3n) is 5.69. The molecule has 0 aliphatic carbocycles. The van der Waals surface area contributed by atoms with Gasteiger partial charge >= 0.3 is 0 Å². The molecule has 1 aliphatic rings. The summed E-state index contributed by atoms with van der Waals surface area (Å²) in [6.07, 6.45) is 7.37. The molecule has 33 heavy (non-hydrogen) atoms. The third kappa shape index (κ3) is 4.49. The number of aromatic nitrogens is 5. The molecule has 0 unspecified atom stereocenters. The van der Waals surface area contributed by atoms with Crippen LogP contribution < -0.4 is 4.74 Å². The summed E-state index contributed by atoms with van der Waals surface area (Å²) in [5.41, 5.74) is 3.31. The van der Waals surface area contributed by atoms with E-state index in [2.05, 4.69) is 27.6 Å². The second kappa shape index (κ2) is 9.67. The first-order valence-corrected chi connectivity index (χ1v) is 10.5. The monoisotopic (exact) mass is 448 g/mol. The van der Waals surface area contributed by atoms with Gasteiger partial charge < -0.3 is 19.1 Å². The van der Waals surface area contributed by atoms with Gasteiger partial charge in [0.05, 0.1) is 61.0 Å². The van der Waals surface area contributed by atoms with E-state index in [0.29, 0.717) is 24.5 Å². The van der Waals surface area contributed by atoms with Crippen LogP contribution in [-0.4, -0.2) is 55.7 Å². The van der Waals surface area contributed by atoms with E-state index in [4.69, 9.17) is 24.4 Å². The fourth-order valence-electron chi connectivity index (χ4n) is 4.29. The van der Waals surface area contributed by atoms with Crippen LogP contribution in [0.1, 0.15) is 37.2 Å². The first-order chi connectivity index (χ1) is 16.1. The quantitative estimate of drug-likeness (QED) is 0.472. The Kier molecular flexibility index (Phi) is 6.51. The summed E-state index contributed by atoms with van der Waals surface area (Å²) < 4.78 is 15.2. The van der Waals surface area contributed by atoms with Crippen LogP contribution in [0.3, 0.4) is 0 Å². The van der Waals surface area contributed by atoms with E-state index < -0.39 is 0 Å². The maximum atomic E-state index is 9.41. The fraction of sp³-hybridized carbons (Fsp3) is 0.348. The molecular weight excluding hydrogens is 424 g/mol. The Morgan fingerprint density at radius 2 is 2.18 bits per heavy atom. The Balaban J connectivity index is 0.000000821. The number of imidazole rings is 1. The van der Waals surface area contributed by atoms with Crippen LogP contribution in [0.25, 0.3) is 21.9 Å². The van der Waals surface area contributed by atoms with Gasteiger partial charge in [0.25, 0.3) is 6.47 Å². The van der Waals surface area contributed by atoms with Gasteiger partial charge in [-0.05, 0) is 38.0 Å². The Labute approximate surface area is 190 Å². The first-order valence-electron chi connectivity index (χ1n) is 10.5. The van der Waals surface area contributed by atoms with Crippen LogP contribution in [-0.2, 0) is 16.1 Å². The van der Waals surface area contributed by atoms with E-state index >= 15 is 0 Å². The van der Waals surface area contributed by atoms with Crippen molar-refractivity contribution in [1.82, 2.24) is 24.3 Å². The van der Waals surface area contributed by atoms with Crippen molar-refractivity contribution in [2.75, 3.05) is 13.7 Å². The Hall–Kier alpha value is -3.97. The number of nitriles is 1. The van der Waals surface area contributed by atoms with Crippen LogP contribution in [0, 0.1) is 11.3 Å². The average Bonchev–Trinajstić information content (AvgIpc) is 3.43. The van der Waals surface area contributed by atoms with Crippen molar-refractivity contribution >= 4 is 28.4 Å². The van der Waals surface area contributed by atoms with Gasteiger partial charge in [0.15, 0.2) is 5.75 Å².